The van der Waals surface area contributed by atoms with Gasteiger partial charge in [0.25, 0.3) is 0 Å². The topological polar surface area (TPSA) is 70.0 Å². The van der Waals surface area contributed by atoms with Gasteiger partial charge in [-0.15, -0.1) is 0 Å². The molecule has 1 aromatic carbocycles. The van der Waals surface area contributed by atoms with Crippen molar-refractivity contribution >= 4 is 41.9 Å². The highest BCUT2D eigenvalue weighted by atomic mass is 79.9. The van der Waals surface area contributed by atoms with Gasteiger partial charge in [-0.05, 0) is 48.0 Å². The molecule has 18 heavy (non-hydrogen) atoms. The van der Waals surface area contributed by atoms with E-state index >= 15 is 0 Å². The van der Waals surface area contributed by atoms with E-state index in [1.807, 2.05) is 6.07 Å². The maximum atomic E-state index is 12.1. The molecule has 0 amide bonds. The van der Waals surface area contributed by atoms with E-state index in [1.54, 1.807) is 26.0 Å². The van der Waals surface area contributed by atoms with Crippen LogP contribution in [-0.4, -0.2) is 15.0 Å². The number of nitrogens with one attached hydrogen (secondary N) is 1. The van der Waals surface area contributed by atoms with Gasteiger partial charge in [-0.2, -0.15) is 5.26 Å². The Bertz CT molecular complexity index is 592. The summed E-state index contributed by atoms with van der Waals surface area (Å²) < 4.78 is 27.8. The van der Waals surface area contributed by atoms with Crippen molar-refractivity contribution in [3.05, 3.63) is 27.1 Å². The van der Waals surface area contributed by atoms with Crippen LogP contribution in [0.3, 0.4) is 0 Å². The second kappa shape index (κ2) is 5.70. The third kappa shape index (κ3) is 4.05. The van der Waals surface area contributed by atoms with Crippen LogP contribution in [0.25, 0.3) is 0 Å². The molecule has 1 rings (SSSR count). The second-order valence-electron chi connectivity index (χ2n) is 4.39. The minimum atomic E-state index is -3.62. The SMILES string of the molecule is CC(C)(C#N)CNS(=O)(=O)c1ccc(Br)cc1Br. The van der Waals surface area contributed by atoms with Crippen LogP contribution in [0.5, 0.6) is 0 Å². The van der Waals surface area contributed by atoms with Gasteiger partial charge in [0, 0.05) is 15.5 Å². The van der Waals surface area contributed by atoms with Crippen molar-refractivity contribution in [2.45, 2.75) is 18.7 Å². The molecule has 1 aromatic rings. The van der Waals surface area contributed by atoms with E-state index in [9.17, 15) is 8.42 Å². The molecule has 0 heterocycles. The van der Waals surface area contributed by atoms with Crippen LogP contribution in [0, 0.1) is 16.7 Å². The summed E-state index contributed by atoms with van der Waals surface area (Å²) in [4.78, 5) is 0.152. The summed E-state index contributed by atoms with van der Waals surface area (Å²) in [6.07, 6.45) is 0. The Balaban J connectivity index is 2.98. The summed E-state index contributed by atoms with van der Waals surface area (Å²) in [5.74, 6) is 0. The molecule has 0 aliphatic heterocycles. The van der Waals surface area contributed by atoms with Crippen LogP contribution in [0.2, 0.25) is 0 Å². The van der Waals surface area contributed by atoms with Crippen molar-refractivity contribution in [2.75, 3.05) is 6.54 Å². The van der Waals surface area contributed by atoms with E-state index in [0.29, 0.717) is 4.47 Å². The van der Waals surface area contributed by atoms with Gasteiger partial charge in [0.2, 0.25) is 10.0 Å². The number of benzene rings is 1. The molecule has 0 spiro atoms. The van der Waals surface area contributed by atoms with Crippen molar-refractivity contribution in [1.82, 2.24) is 4.72 Å². The third-order valence-corrected chi connectivity index (χ3v) is 5.06. The number of rotatable bonds is 4. The lowest BCUT2D eigenvalue weighted by Crippen LogP contribution is -2.33. The van der Waals surface area contributed by atoms with Crippen LogP contribution in [0.1, 0.15) is 13.8 Å². The van der Waals surface area contributed by atoms with E-state index in [-0.39, 0.29) is 11.4 Å². The summed E-state index contributed by atoms with van der Waals surface area (Å²) in [5, 5.41) is 8.85. The van der Waals surface area contributed by atoms with Crippen molar-refractivity contribution < 1.29 is 8.42 Å². The van der Waals surface area contributed by atoms with Gasteiger partial charge in [-0.3, -0.25) is 0 Å². The summed E-state index contributed by atoms with van der Waals surface area (Å²) in [6.45, 7) is 3.41. The average Bonchev–Trinajstić information content (AvgIpc) is 2.26. The predicted octanol–water partition coefficient (Wildman–Crippen LogP) is 3.04. The molecule has 0 aliphatic carbocycles. The number of halogens is 2. The molecule has 1 N–H and O–H groups in total. The molecule has 0 unspecified atom stereocenters. The zero-order chi connectivity index (χ0) is 14.0. The fourth-order valence-electron chi connectivity index (χ4n) is 1.09. The largest absolute Gasteiger partial charge is 0.241 e. The molecule has 4 nitrogen and oxygen atoms in total. The molecular formula is C11H12Br2N2O2S. The number of nitrogens with zero attached hydrogens (tertiary/aromatic N) is 1. The zero-order valence-corrected chi connectivity index (χ0v) is 13.9. The van der Waals surface area contributed by atoms with Crippen molar-refractivity contribution in [3.63, 3.8) is 0 Å². The predicted molar refractivity (Wildman–Crippen MR) is 76.4 cm³/mol. The average molecular weight is 396 g/mol. The molecule has 98 valence electrons. The van der Waals surface area contributed by atoms with Gasteiger partial charge < -0.3 is 0 Å². The van der Waals surface area contributed by atoms with Gasteiger partial charge in [-0.25, -0.2) is 13.1 Å². The van der Waals surface area contributed by atoms with Gasteiger partial charge in [-0.1, -0.05) is 15.9 Å². The molecule has 0 saturated heterocycles. The lowest BCUT2D eigenvalue weighted by Gasteiger charge is -2.16. The first kappa shape index (κ1) is 15.6. The van der Waals surface area contributed by atoms with E-state index in [1.165, 1.54) is 6.07 Å². The lowest BCUT2D eigenvalue weighted by molar-refractivity contribution is 0.478. The summed E-state index contributed by atoms with van der Waals surface area (Å²) in [7, 11) is -3.62. The normalized spacial score (nSPS) is 12.2. The second-order valence-corrected chi connectivity index (χ2v) is 7.90. The minimum Gasteiger partial charge on any atom is -0.210 e. The summed E-state index contributed by atoms with van der Waals surface area (Å²) in [6, 6.07) is 6.84. The molecule has 0 fully saturated rings. The van der Waals surface area contributed by atoms with E-state index < -0.39 is 15.4 Å². The van der Waals surface area contributed by atoms with E-state index in [4.69, 9.17) is 5.26 Å². The van der Waals surface area contributed by atoms with Crippen LogP contribution in [0.15, 0.2) is 32.0 Å². The van der Waals surface area contributed by atoms with Gasteiger partial charge in [0.1, 0.15) is 0 Å². The maximum Gasteiger partial charge on any atom is 0.241 e. The Kier molecular flexibility index (Phi) is 4.95. The van der Waals surface area contributed by atoms with Gasteiger partial charge in [0.15, 0.2) is 0 Å². The lowest BCUT2D eigenvalue weighted by atomic mass is 9.97. The van der Waals surface area contributed by atoms with Crippen LogP contribution in [-0.2, 0) is 10.0 Å². The standard InChI is InChI=1S/C11H12Br2N2O2S/c1-11(2,6-14)7-15-18(16,17)10-4-3-8(12)5-9(10)13/h3-5,15H,7H2,1-2H3. The summed E-state index contributed by atoms with van der Waals surface area (Å²) >= 11 is 6.46. The van der Waals surface area contributed by atoms with Gasteiger partial charge in [0.05, 0.1) is 16.4 Å². The van der Waals surface area contributed by atoms with E-state index in [2.05, 4.69) is 36.6 Å². The highest BCUT2D eigenvalue weighted by molar-refractivity contribution is 9.11. The Morgan fingerprint density at radius 2 is 2.00 bits per heavy atom. The quantitative estimate of drug-likeness (QED) is 0.851. The molecular weight excluding hydrogens is 384 g/mol. The van der Waals surface area contributed by atoms with Crippen molar-refractivity contribution in [2.24, 2.45) is 5.41 Å². The van der Waals surface area contributed by atoms with Crippen molar-refractivity contribution in [1.29, 1.82) is 5.26 Å². The van der Waals surface area contributed by atoms with Gasteiger partial charge >= 0.3 is 0 Å². The molecule has 0 atom stereocenters. The monoisotopic (exact) mass is 394 g/mol. The Morgan fingerprint density at radius 3 is 2.50 bits per heavy atom. The molecule has 0 aliphatic rings. The highest BCUT2D eigenvalue weighted by Crippen LogP contribution is 2.26. The Hall–Kier alpha value is -0.420. The maximum absolute atomic E-state index is 12.1. The fourth-order valence-corrected chi connectivity index (χ4v) is 4.04. The molecule has 0 aromatic heterocycles. The Morgan fingerprint density at radius 1 is 1.39 bits per heavy atom. The van der Waals surface area contributed by atoms with Crippen molar-refractivity contribution in [3.8, 4) is 6.07 Å². The minimum absolute atomic E-state index is 0.0638. The highest BCUT2D eigenvalue weighted by Gasteiger charge is 2.23. The molecule has 0 radical (unpaired) electrons. The van der Waals surface area contributed by atoms with Crippen LogP contribution < -0.4 is 4.72 Å². The number of sulfonamides is 1. The first-order valence-corrected chi connectivity index (χ1v) is 8.11. The zero-order valence-electron chi connectivity index (χ0n) is 9.87. The fraction of sp³-hybridized carbons (Fsp3) is 0.364. The van der Waals surface area contributed by atoms with E-state index in [0.717, 1.165) is 4.47 Å². The number of nitriles is 1. The molecule has 7 heteroatoms. The third-order valence-electron chi connectivity index (χ3n) is 2.19. The van der Waals surface area contributed by atoms with Crippen LogP contribution in [0.4, 0.5) is 0 Å². The summed E-state index contributed by atoms with van der Waals surface area (Å²) in [5.41, 5.74) is -0.741. The molecule has 0 saturated carbocycles. The first-order chi connectivity index (χ1) is 8.18. The Labute approximate surface area is 124 Å². The number of hydrogen-bond acceptors (Lipinski definition) is 3. The first-order valence-electron chi connectivity index (χ1n) is 5.04. The number of hydrogen-bond donors (Lipinski definition) is 1. The van der Waals surface area contributed by atoms with Crippen LogP contribution >= 0.6 is 31.9 Å². The molecule has 0 bridgehead atoms. The smallest absolute Gasteiger partial charge is 0.210 e.